The van der Waals surface area contributed by atoms with Crippen molar-refractivity contribution in [2.75, 3.05) is 82.9 Å². The first kappa shape index (κ1) is 35.6. The minimum atomic E-state index is -4.56. The number of alkyl halides is 3. The average Bonchev–Trinajstić information content (AvgIpc) is 3.68. The van der Waals surface area contributed by atoms with Gasteiger partial charge in [0.25, 0.3) is 0 Å². The van der Waals surface area contributed by atoms with E-state index in [1.807, 2.05) is 35.9 Å². The highest BCUT2D eigenvalue weighted by Crippen LogP contribution is 2.53. The van der Waals surface area contributed by atoms with E-state index in [9.17, 15) is 18.0 Å². The van der Waals surface area contributed by atoms with Crippen LogP contribution in [0.1, 0.15) is 49.1 Å². The lowest BCUT2D eigenvalue weighted by Gasteiger charge is -2.54. The third-order valence-electron chi connectivity index (χ3n) is 11.7. The zero-order valence-corrected chi connectivity index (χ0v) is 30.6. The number of amides is 1. The second-order valence-corrected chi connectivity index (χ2v) is 15.4. The summed E-state index contributed by atoms with van der Waals surface area (Å²) in [6.07, 6.45) is 3.32. The predicted molar refractivity (Wildman–Crippen MR) is 199 cm³/mol. The molecule has 0 unspecified atom stereocenters. The van der Waals surface area contributed by atoms with E-state index in [4.69, 9.17) is 19.4 Å². The lowest BCUT2D eigenvalue weighted by atomic mass is 9.72. The molecule has 14 heteroatoms. The number of aromatic amines is 1. The molecule has 1 atom stereocenters. The average molecular weight is 733 g/mol. The lowest BCUT2D eigenvalue weighted by molar-refractivity contribution is -0.153. The number of benzene rings is 2. The van der Waals surface area contributed by atoms with E-state index in [0.29, 0.717) is 61.0 Å². The molecule has 282 valence electrons. The monoisotopic (exact) mass is 732 g/mol. The fourth-order valence-electron chi connectivity index (χ4n) is 8.51. The number of aromatic nitrogens is 4. The number of carbonyl (C=O) groups is 1. The number of aryl methyl sites for hydroxylation is 1. The third-order valence-corrected chi connectivity index (χ3v) is 11.7. The summed E-state index contributed by atoms with van der Waals surface area (Å²) in [4.78, 5) is 31.0. The van der Waals surface area contributed by atoms with Gasteiger partial charge in [-0.25, -0.2) is 4.98 Å². The van der Waals surface area contributed by atoms with Crippen LogP contribution in [0.5, 0.6) is 5.75 Å². The number of hydrogen-bond donors (Lipinski definition) is 1. The molecule has 3 saturated heterocycles. The number of H-pyrrole nitrogens is 1. The minimum absolute atomic E-state index is 0.0432. The van der Waals surface area contributed by atoms with E-state index in [1.165, 1.54) is 6.08 Å². The van der Waals surface area contributed by atoms with E-state index in [1.54, 1.807) is 13.3 Å². The number of nitrogens with zero attached hydrogens (tertiary/aromatic N) is 7. The van der Waals surface area contributed by atoms with E-state index in [-0.39, 0.29) is 29.1 Å². The van der Waals surface area contributed by atoms with Gasteiger partial charge >= 0.3 is 6.18 Å². The van der Waals surface area contributed by atoms with Crippen molar-refractivity contribution in [1.82, 2.24) is 30.0 Å². The van der Waals surface area contributed by atoms with E-state index < -0.39 is 12.8 Å². The van der Waals surface area contributed by atoms with Crippen molar-refractivity contribution in [3.63, 3.8) is 0 Å². The van der Waals surface area contributed by atoms with Gasteiger partial charge in [-0.1, -0.05) is 12.6 Å². The Morgan fingerprint density at radius 1 is 1.11 bits per heavy atom. The van der Waals surface area contributed by atoms with Crippen molar-refractivity contribution >= 4 is 39.5 Å². The fraction of sp³-hybridized carbons (Fsp3) is 0.538. The van der Waals surface area contributed by atoms with E-state index >= 15 is 0 Å². The summed E-state index contributed by atoms with van der Waals surface area (Å²) < 4.78 is 53.8. The van der Waals surface area contributed by atoms with Gasteiger partial charge in [-0.2, -0.15) is 23.3 Å². The van der Waals surface area contributed by atoms with E-state index in [0.717, 1.165) is 79.3 Å². The number of rotatable bonds is 11. The van der Waals surface area contributed by atoms with Crippen LogP contribution in [0.4, 0.5) is 24.9 Å². The van der Waals surface area contributed by atoms with Gasteiger partial charge in [-0.3, -0.25) is 14.8 Å². The summed E-state index contributed by atoms with van der Waals surface area (Å²) >= 11 is 0. The summed E-state index contributed by atoms with van der Waals surface area (Å²) in [6, 6.07) is 6.03. The van der Waals surface area contributed by atoms with Crippen molar-refractivity contribution < 1.29 is 27.4 Å². The van der Waals surface area contributed by atoms with Crippen LogP contribution < -0.4 is 14.5 Å². The second kappa shape index (κ2) is 13.8. The van der Waals surface area contributed by atoms with Crippen LogP contribution in [-0.4, -0.2) is 121 Å². The Morgan fingerprint density at radius 2 is 1.89 bits per heavy atom. The SMILES string of the molecule is C=CC(=O)N1CC2(CCN(c3nc(N(C)CCN4CC[C@H](OC)C4)nc4c(OCC(F)(F)F)c(-c5c(C)ccc6[nH]ncc56)c(C5CC5)cc34)CC2)C1. The van der Waals surface area contributed by atoms with Crippen molar-refractivity contribution in [3.05, 3.63) is 48.2 Å². The summed E-state index contributed by atoms with van der Waals surface area (Å²) in [6.45, 7) is 10.1. The smallest absolute Gasteiger partial charge is 0.422 e. The van der Waals surface area contributed by atoms with Gasteiger partial charge in [0.15, 0.2) is 12.4 Å². The molecule has 4 aromatic rings. The molecular weight excluding hydrogens is 685 g/mol. The zero-order chi connectivity index (χ0) is 37.1. The summed E-state index contributed by atoms with van der Waals surface area (Å²) in [7, 11) is 3.68. The lowest BCUT2D eigenvalue weighted by Crippen LogP contribution is -2.61. The third kappa shape index (κ3) is 6.91. The predicted octanol–water partition coefficient (Wildman–Crippen LogP) is 6.07. The molecule has 2 aromatic heterocycles. The molecule has 1 amide bonds. The zero-order valence-electron chi connectivity index (χ0n) is 30.6. The normalized spacial score (nSPS) is 20.4. The van der Waals surface area contributed by atoms with Gasteiger partial charge in [-0.05, 0) is 79.8 Å². The van der Waals surface area contributed by atoms with Crippen molar-refractivity contribution in [2.24, 2.45) is 5.41 Å². The minimum Gasteiger partial charge on any atom is -0.481 e. The van der Waals surface area contributed by atoms with Gasteiger partial charge in [0, 0.05) is 88.3 Å². The quantitative estimate of drug-likeness (QED) is 0.184. The maximum Gasteiger partial charge on any atom is 0.422 e. The first-order valence-corrected chi connectivity index (χ1v) is 18.6. The molecule has 1 aliphatic carbocycles. The highest BCUT2D eigenvalue weighted by atomic mass is 19.4. The Balaban J connectivity index is 1.26. The van der Waals surface area contributed by atoms with Crippen LogP contribution >= 0.6 is 0 Å². The molecule has 1 N–H and O–H groups in total. The maximum absolute atomic E-state index is 14.1. The molecule has 2 aromatic carbocycles. The molecule has 0 radical (unpaired) electrons. The van der Waals surface area contributed by atoms with Crippen LogP contribution in [0.15, 0.2) is 37.1 Å². The molecule has 4 fully saturated rings. The highest BCUT2D eigenvalue weighted by Gasteiger charge is 2.46. The summed E-state index contributed by atoms with van der Waals surface area (Å²) in [5.74, 6) is 1.39. The second-order valence-electron chi connectivity index (χ2n) is 15.4. The largest absolute Gasteiger partial charge is 0.481 e. The van der Waals surface area contributed by atoms with Gasteiger partial charge in [-0.15, -0.1) is 0 Å². The molecule has 3 aliphatic heterocycles. The van der Waals surface area contributed by atoms with Crippen LogP contribution in [0.2, 0.25) is 0 Å². The number of hydrogen-bond acceptors (Lipinski definition) is 9. The number of nitrogens with one attached hydrogen (secondary N) is 1. The van der Waals surface area contributed by atoms with Gasteiger partial charge in [0.2, 0.25) is 11.9 Å². The summed E-state index contributed by atoms with van der Waals surface area (Å²) in [5.41, 5.74) is 4.52. The molecular formula is C39H47F3N8O3. The fourth-order valence-corrected chi connectivity index (χ4v) is 8.51. The van der Waals surface area contributed by atoms with Gasteiger partial charge in [0.1, 0.15) is 11.3 Å². The maximum atomic E-state index is 14.1. The van der Waals surface area contributed by atoms with Gasteiger partial charge in [0.05, 0.1) is 17.8 Å². The molecule has 1 spiro atoms. The Morgan fingerprint density at radius 3 is 2.57 bits per heavy atom. The van der Waals surface area contributed by atoms with Crippen molar-refractivity contribution in [3.8, 4) is 16.9 Å². The van der Waals surface area contributed by atoms with Crippen LogP contribution in [0.25, 0.3) is 32.9 Å². The molecule has 0 bridgehead atoms. The Bertz CT molecular complexity index is 2030. The molecule has 1 saturated carbocycles. The van der Waals surface area contributed by atoms with Crippen molar-refractivity contribution in [1.29, 1.82) is 0 Å². The molecule has 53 heavy (non-hydrogen) atoms. The Kier molecular flexibility index (Phi) is 9.24. The molecule has 11 nitrogen and oxygen atoms in total. The summed E-state index contributed by atoms with van der Waals surface area (Å²) in [5, 5.41) is 8.84. The number of fused-ring (bicyclic) bond motifs is 2. The number of methoxy groups -OCH3 is 1. The number of ether oxygens (including phenoxy) is 2. The first-order chi connectivity index (χ1) is 25.5. The number of likely N-dealkylation sites (tertiary alicyclic amines) is 2. The molecule has 8 rings (SSSR count). The number of halogens is 3. The van der Waals surface area contributed by atoms with Crippen LogP contribution in [0.3, 0.4) is 0 Å². The number of anilines is 2. The first-order valence-electron chi connectivity index (χ1n) is 18.6. The van der Waals surface area contributed by atoms with Crippen LogP contribution in [-0.2, 0) is 9.53 Å². The van der Waals surface area contributed by atoms with Gasteiger partial charge < -0.3 is 24.2 Å². The Hall–Kier alpha value is -4.43. The van der Waals surface area contributed by atoms with Crippen molar-refractivity contribution in [2.45, 2.75) is 57.2 Å². The number of likely N-dealkylation sites (N-methyl/N-ethyl adjacent to an activating group) is 1. The highest BCUT2D eigenvalue weighted by molar-refractivity contribution is 6.06. The topological polar surface area (TPSA) is 103 Å². The standard InChI is InChI=1S/C39H47F3N8O3/c1-5-31(51)50-21-38(22-50)11-14-49(15-12-38)36-28-18-27(25-7-8-25)33(32-24(2)6-9-30-29(32)19-43-46-30)35(53-23-39(40,41)42)34(28)44-37(45-36)47(3)16-17-48-13-10-26(20-48)52-4/h5-6,9,18-19,25-26H,1,7-8,10-17,20-23H2,2-4H3,(H,43,46)/t26-/m0/s1. The van der Waals surface area contributed by atoms with E-state index in [2.05, 4.69) is 32.6 Å². The molecule has 5 heterocycles. The van der Waals surface area contributed by atoms with Crippen LogP contribution in [0, 0.1) is 12.3 Å². The number of piperidine rings is 1. The number of carbonyl (C=O) groups excluding carboxylic acids is 1. The molecule has 4 aliphatic rings. The Labute approximate surface area is 307 Å².